The molecule has 1 saturated heterocycles. The second kappa shape index (κ2) is 5.42. The summed E-state index contributed by atoms with van der Waals surface area (Å²) in [5.41, 5.74) is 0.474. The molecule has 0 unspecified atom stereocenters. The normalized spacial score (nSPS) is 19.5. The van der Waals surface area contributed by atoms with Gasteiger partial charge >= 0.3 is 0 Å². The fourth-order valence-corrected chi connectivity index (χ4v) is 2.18. The van der Waals surface area contributed by atoms with Crippen molar-refractivity contribution in [3.05, 3.63) is 29.8 Å². The van der Waals surface area contributed by atoms with Crippen molar-refractivity contribution in [2.45, 2.75) is 12.5 Å². The molecule has 0 aliphatic carbocycles. The van der Waals surface area contributed by atoms with Gasteiger partial charge in [0.15, 0.2) is 0 Å². The minimum Gasteiger partial charge on any atom is -0.508 e. The number of benzene rings is 1. The van der Waals surface area contributed by atoms with E-state index < -0.39 is 12.5 Å². The van der Waals surface area contributed by atoms with Gasteiger partial charge in [0.1, 0.15) is 5.75 Å². The van der Waals surface area contributed by atoms with Gasteiger partial charge in [0.05, 0.1) is 6.04 Å². The first-order valence-electron chi connectivity index (χ1n) is 5.70. The number of rotatable bonds is 3. The SMILES string of the molecule is Oc1cccc([C@@H](C(F)F)N2CCNCC2)c1. The Labute approximate surface area is 99.1 Å². The van der Waals surface area contributed by atoms with Gasteiger partial charge in [0, 0.05) is 26.2 Å². The number of phenols is 1. The standard InChI is InChI=1S/C12H16F2N2O/c13-12(14)11(16-6-4-15-5-7-16)9-2-1-3-10(17)8-9/h1-3,8,11-12,15,17H,4-7H2/t11-/m0/s1. The first kappa shape index (κ1) is 12.3. The maximum atomic E-state index is 13.2. The van der Waals surface area contributed by atoms with E-state index in [4.69, 9.17) is 0 Å². The highest BCUT2D eigenvalue weighted by molar-refractivity contribution is 5.30. The monoisotopic (exact) mass is 242 g/mol. The van der Waals surface area contributed by atoms with Gasteiger partial charge in [-0.05, 0) is 17.7 Å². The van der Waals surface area contributed by atoms with Crippen LogP contribution in [0.4, 0.5) is 8.78 Å². The summed E-state index contributed by atoms with van der Waals surface area (Å²) in [4.78, 5) is 1.76. The van der Waals surface area contributed by atoms with Gasteiger partial charge < -0.3 is 10.4 Å². The molecule has 1 atom stereocenters. The number of hydrogen-bond acceptors (Lipinski definition) is 3. The van der Waals surface area contributed by atoms with E-state index in [1.54, 1.807) is 17.0 Å². The lowest BCUT2D eigenvalue weighted by atomic mass is 10.0. The van der Waals surface area contributed by atoms with Crippen molar-refractivity contribution in [3.8, 4) is 5.75 Å². The Balaban J connectivity index is 2.21. The molecular weight excluding hydrogens is 226 g/mol. The summed E-state index contributed by atoms with van der Waals surface area (Å²) in [5.74, 6) is 0.0308. The molecule has 5 heteroatoms. The number of alkyl halides is 2. The molecule has 2 rings (SSSR count). The van der Waals surface area contributed by atoms with Crippen molar-refractivity contribution in [1.29, 1.82) is 0 Å². The third-order valence-electron chi connectivity index (χ3n) is 3.00. The molecule has 0 radical (unpaired) electrons. The zero-order valence-corrected chi connectivity index (χ0v) is 9.44. The molecular formula is C12H16F2N2O. The maximum Gasteiger partial charge on any atom is 0.258 e. The lowest BCUT2D eigenvalue weighted by Gasteiger charge is -2.34. The minimum absolute atomic E-state index is 0.0308. The fraction of sp³-hybridized carbons (Fsp3) is 0.500. The largest absolute Gasteiger partial charge is 0.508 e. The van der Waals surface area contributed by atoms with E-state index in [0.717, 1.165) is 13.1 Å². The molecule has 94 valence electrons. The molecule has 1 aromatic rings. The topological polar surface area (TPSA) is 35.5 Å². The van der Waals surface area contributed by atoms with Crippen molar-refractivity contribution in [2.75, 3.05) is 26.2 Å². The van der Waals surface area contributed by atoms with E-state index >= 15 is 0 Å². The van der Waals surface area contributed by atoms with Crippen molar-refractivity contribution in [2.24, 2.45) is 0 Å². The third kappa shape index (κ3) is 2.92. The van der Waals surface area contributed by atoms with E-state index in [1.807, 2.05) is 0 Å². The van der Waals surface area contributed by atoms with Crippen LogP contribution >= 0.6 is 0 Å². The van der Waals surface area contributed by atoms with Crippen LogP contribution in [0.15, 0.2) is 24.3 Å². The van der Waals surface area contributed by atoms with Crippen LogP contribution in [-0.2, 0) is 0 Å². The van der Waals surface area contributed by atoms with Gasteiger partial charge in [0.2, 0.25) is 0 Å². The Morgan fingerprint density at radius 2 is 1.94 bits per heavy atom. The predicted octanol–water partition coefficient (Wildman–Crippen LogP) is 1.60. The number of nitrogens with zero attached hydrogens (tertiary/aromatic N) is 1. The zero-order chi connectivity index (χ0) is 12.3. The Kier molecular flexibility index (Phi) is 3.91. The molecule has 1 aromatic carbocycles. The predicted molar refractivity (Wildman–Crippen MR) is 61.3 cm³/mol. The Bertz CT molecular complexity index is 367. The average Bonchev–Trinajstić information content (AvgIpc) is 2.30. The highest BCUT2D eigenvalue weighted by Gasteiger charge is 2.30. The lowest BCUT2D eigenvalue weighted by molar-refractivity contribution is 0.0181. The molecule has 1 aliphatic rings. The number of piperazine rings is 1. The van der Waals surface area contributed by atoms with Crippen LogP contribution in [0.1, 0.15) is 11.6 Å². The van der Waals surface area contributed by atoms with Crippen LogP contribution < -0.4 is 5.32 Å². The van der Waals surface area contributed by atoms with Crippen molar-refractivity contribution in [1.82, 2.24) is 10.2 Å². The van der Waals surface area contributed by atoms with Crippen molar-refractivity contribution in [3.63, 3.8) is 0 Å². The van der Waals surface area contributed by atoms with Crippen LogP contribution in [-0.4, -0.2) is 42.6 Å². The molecule has 0 bridgehead atoms. The number of phenolic OH excluding ortho intramolecular Hbond substituents is 1. The van der Waals surface area contributed by atoms with Crippen molar-refractivity contribution >= 4 is 0 Å². The van der Waals surface area contributed by atoms with Crippen LogP contribution in [0, 0.1) is 0 Å². The average molecular weight is 242 g/mol. The molecule has 0 aromatic heterocycles. The summed E-state index contributed by atoms with van der Waals surface area (Å²) in [5, 5.41) is 12.5. The molecule has 2 N–H and O–H groups in total. The summed E-state index contributed by atoms with van der Waals surface area (Å²) in [6.45, 7) is 2.65. The number of hydrogen-bond donors (Lipinski definition) is 2. The second-order valence-corrected chi connectivity index (χ2v) is 4.16. The first-order valence-corrected chi connectivity index (χ1v) is 5.70. The molecule has 0 spiro atoms. The summed E-state index contributed by atoms with van der Waals surface area (Å²) in [7, 11) is 0. The first-order chi connectivity index (χ1) is 8.18. The van der Waals surface area contributed by atoms with Gasteiger partial charge in [-0.15, -0.1) is 0 Å². The van der Waals surface area contributed by atoms with Crippen molar-refractivity contribution < 1.29 is 13.9 Å². The van der Waals surface area contributed by atoms with E-state index in [1.165, 1.54) is 12.1 Å². The highest BCUT2D eigenvalue weighted by atomic mass is 19.3. The van der Waals surface area contributed by atoms with E-state index in [2.05, 4.69) is 5.32 Å². The van der Waals surface area contributed by atoms with Gasteiger partial charge in [-0.25, -0.2) is 8.78 Å². The number of nitrogens with one attached hydrogen (secondary N) is 1. The zero-order valence-electron chi connectivity index (χ0n) is 9.44. The minimum atomic E-state index is -2.45. The molecule has 17 heavy (non-hydrogen) atoms. The molecule has 1 heterocycles. The number of halogens is 2. The molecule has 1 fully saturated rings. The van der Waals surface area contributed by atoms with Crippen LogP contribution in [0.25, 0.3) is 0 Å². The lowest BCUT2D eigenvalue weighted by Crippen LogP contribution is -2.46. The number of aromatic hydroxyl groups is 1. The maximum absolute atomic E-state index is 13.2. The Hall–Kier alpha value is -1.20. The highest BCUT2D eigenvalue weighted by Crippen LogP contribution is 2.29. The van der Waals surface area contributed by atoms with E-state index in [9.17, 15) is 13.9 Å². The third-order valence-corrected chi connectivity index (χ3v) is 3.00. The molecule has 3 nitrogen and oxygen atoms in total. The van der Waals surface area contributed by atoms with Gasteiger partial charge in [-0.3, -0.25) is 4.90 Å². The van der Waals surface area contributed by atoms with Crippen LogP contribution in [0.2, 0.25) is 0 Å². The summed E-state index contributed by atoms with van der Waals surface area (Å²) >= 11 is 0. The second-order valence-electron chi connectivity index (χ2n) is 4.16. The molecule has 0 saturated carbocycles. The molecule has 0 amide bonds. The Morgan fingerprint density at radius 1 is 1.24 bits per heavy atom. The molecule has 1 aliphatic heterocycles. The van der Waals surface area contributed by atoms with Crippen LogP contribution in [0.5, 0.6) is 5.75 Å². The van der Waals surface area contributed by atoms with Gasteiger partial charge in [-0.2, -0.15) is 0 Å². The summed E-state index contributed by atoms with van der Waals surface area (Å²) in [6, 6.07) is 5.22. The van der Waals surface area contributed by atoms with Gasteiger partial charge in [-0.1, -0.05) is 12.1 Å². The Morgan fingerprint density at radius 3 is 2.53 bits per heavy atom. The smallest absolute Gasteiger partial charge is 0.258 e. The van der Waals surface area contributed by atoms with E-state index in [0.29, 0.717) is 18.7 Å². The van der Waals surface area contributed by atoms with Crippen LogP contribution in [0.3, 0.4) is 0 Å². The van der Waals surface area contributed by atoms with E-state index in [-0.39, 0.29) is 5.75 Å². The summed E-state index contributed by atoms with van der Waals surface area (Å²) in [6.07, 6.45) is -2.45. The quantitative estimate of drug-likeness (QED) is 0.845. The summed E-state index contributed by atoms with van der Waals surface area (Å²) < 4.78 is 26.3. The van der Waals surface area contributed by atoms with Gasteiger partial charge in [0.25, 0.3) is 6.43 Å². The fourth-order valence-electron chi connectivity index (χ4n) is 2.18.